The van der Waals surface area contributed by atoms with Gasteiger partial charge in [0.15, 0.2) is 0 Å². The van der Waals surface area contributed by atoms with Crippen LogP contribution in [-0.2, 0) is 27.1 Å². The molecule has 0 saturated heterocycles. The van der Waals surface area contributed by atoms with Gasteiger partial charge in [0, 0.05) is 19.1 Å². The van der Waals surface area contributed by atoms with Crippen LogP contribution in [0.1, 0.15) is 30.5 Å². The lowest BCUT2D eigenvalue weighted by molar-refractivity contribution is -0.154. The molecule has 2 N–H and O–H groups in total. The van der Waals surface area contributed by atoms with Gasteiger partial charge in [-0.3, -0.25) is 0 Å². The number of aromatic hydroxyl groups is 2. The first-order valence-electron chi connectivity index (χ1n) is 9.09. The van der Waals surface area contributed by atoms with Crippen LogP contribution >= 0.6 is 0 Å². The number of benzene rings is 2. The third-order valence-electron chi connectivity index (χ3n) is 4.67. The van der Waals surface area contributed by atoms with Gasteiger partial charge < -0.3 is 19.7 Å². The monoisotopic (exact) mass is 380 g/mol. The van der Waals surface area contributed by atoms with Crippen LogP contribution in [0.2, 0.25) is 0 Å². The van der Waals surface area contributed by atoms with Gasteiger partial charge >= 0.3 is 5.97 Å². The number of ether oxygens (including phenoxy) is 2. The number of carbonyl (C=O) groups excluding carboxylic acids is 1. The zero-order chi connectivity index (χ0) is 20.3. The van der Waals surface area contributed by atoms with Crippen molar-refractivity contribution >= 4 is 11.5 Å². The molecule has 0 bridgehead atoms. The Hall–Kier alpha value is -3.05. The third-order valence-corrected chi connectivity index (χ3v) is 4.67. The molecule has 1 aliphatic heterocycles. The van der Waals surface area contributed by atoms with Gasteiger partial charge in [-0.05, 0) is 55.2 Å². The number of hydrogen-bond donors (Lipinski definition) is 2. The predicted octanol–water partition coefficient (Wildman–Crippen LogP) is 4.13. The van der Waals surface area contributed by atoms with Crippen molar-refractivity contribution in [3.05, 3.63) is 76.4 Å². The van der Waals surface area contributed by atoms with Crippen LogP contribution < -0.4 is 0 Å². The minimum atomic E-state index is -0.783. The molecule has 28 heavy (non-hydrogen) atoms. The Balaban J connectivity index is 1.99. The Kier molecular flexibility index (Phi) is 5.85. The molecule has 0 unspecified atom stereocenters. The molecule has 0 fully saturated rings. The van der Waals surface area contributed by atoms with E-state index >= 15 is 0 Å². The summed E-state index contributed by atoms with van der Waals surface area (Å²) in [6.07, 6.45) is 2.24. The van der Waals surface area contributed by atoms with E-state index in [2.05, 4.69) is 0 Å². The molecule has 0 amide bonds. The Morgan fingerprint density at radius 3 is 2.50 bits per heavy atom. The van der Waals surface area contributed by atoms with Crippen LogP contribution in [0.3, 0.4) is 0 Å². The number of esters is 1. The predicted molar refractivity (Wildman–Crippen MR) is 107 cm³/mol. The Morgan fingerprint density at radius 1 is 1.14 bits per heavy atom. The second-order valence-electron chi connectivity index (χ2n) is 7.04. The third kappa shape index (κ3) is 4.26. The SMILES string of the molecule is CO[C@H]1OC(=O)C(Cc2ccc(O)c(CC=C(C)C)c2)=C1c1ccc(O)cc1. The largest absolute Gasteiger partial charge is 0.508 e. The van der Waals surface area contributed by atoms with Crippen LogP contribution in [0, 0.1) is 0 Å². The number of allylic oxidation sites excluding steroid dienone is 2. The highest BCUT2D eigenvalue weighted by molar-refractivity contribution is 6.02. The topological polar surface area (TPSA) is 76.0 Å². The molecule has 0 saturated carbocycles. The molecule has 0 spiro atoms. The van der Waals surface area contributed by atoms with Gasteiger partial charge in [-0.1, -0.05) is 35.9 Å². The summed E-state index contributed by atoms with van der Waals surface area (Å²) < 4.78 is 10.7. The molecule has 0 aromatic heterocycles. The maximum Gasteiger partial charge on any atom is 0.337 e. The first kappa shape index (κ1) is 19.7. The molecule has 1 heterocycles. The van der Waals surface area contributed by atoms with Crippen molar-refractivity contribution in [2.24, 2.45) is 0 Å². The Bertz CT molecular complexity index is 934. The average molecular weight is 380 g/mol. The molecule has 2 aromatic rings. The zero-order valence-electron chi connectivity index (χ0n) is 16.2. The standard InChI is InChI=1S/C23H24O5/c1-14(2)4-6-17-12-15(5-11-20(17)25)13-19-21(23(27-3)28-22(19)26)16-7-9-18(24)10-8-16/h4-5,7-12,23-25H,6,13H2,1-3H3/t23-/m0/s1. The van der Waals surface area contributed by atoms with E-state index in [1.54, 1.807) is 36.4 Å². The molecule has 0 aliphatic carbocycles. The van der Waals surface area contributed by atoms with Crippen LogP contribution in [0.15, 0.2) is 59.7 Å². The van der Waals surface area contributed by atoms with Crippen LogP contribution in [0.5, 0.6) is 11.5 Å². The van der Waals surface area contributed by atoms with Crippen molar-refractivity contribution in [3.8, 4) is 11.5 Å². The van der Waals surface area contributed by atoms with E-state index in [1.165, 1.54) is 12.7 Å². The lowest BCUT2D eigenvalue weighted by Crippen LogP contribution is -2.13. The summed E-state index contributed by atoms with van der Waals surface area (Å²) in [6.45, 7) is 4.02. The van der Waals surface area contributed by atoms with Crippen molar-refractivity contribution in [2.45, 2.75) is 33.0 Å². The first-order valence-corrected chi connectivity index (χ1v) is 9.09. The Morgan fingerprint density at radius 2 is 1.86 bits per heavy atom. The summed E-state index contributed by atoms with van der Waals surface area (Å²) in [5, 5.41) is 19.7. The number of hydrogen-bond acceptors (Lipinski definition) is 5. The fraction of sp³-hybridized carbons (Fsp3) is 0.261. The highest BCUT2D eigenvalue weighted by atomic mass is 16.7. The second-order valence-corrected chi connectivity index (χ2v) is 7.04. The number of methoxy groups -OCH3 is 1. The molecular formula is C23H24O5. The van der Waals surface area contributed by atoms with Crippen LogP contribution in [0.4, 0.5) is 0 Å². The summed E-state index contributed by atoms with van der Waals surface area (Å²) in [5.74, 6) is -0.0424. The van der Waals surface area contributed by atoms with E-state index in [-0.39, 0.29) is 11.5 Å². The van der Waals surface area contributed by atoms with E-state index in [0.717, 1.165) is 16.7 Å². The Labute approximate surface area is 164 Å². The molecule has 0 radical (unpaired) electrons. The van der Waals surface area contributed by atoms with Crippen LogP contribution in [-0.4, -0.2) is 29.6 Å². The van der Waals surface area contributed by atoms with Gasteiger partial charge in [0.1, 0.15) is 11.5 Å². The molecule has 146 valence electrons. The molecule has 5 heteroatoms. The molecule has 1 aliphatic rings. The van der Waals surface area contributed by atoms with Crippen molar-refractivity contribution in [3.63, 3.8) is 0 Å². The fourth-order valence-electron chi connectivity index (χ4n) is 3.19. The number of phenolic OH excluding ortho intramolecular Hbond substituents is 2. The number of rotatable bonds is 6. The van der Waals surface area contributed by atoms with E-state index in [9.17, 15) is 15.0 Å². The van der Waals surface area contributed by atoms with Gasteiger partial charge in [-0.25, -0.2) is 4.79 Å². The highest BCUT2D eigenvalue weighted by Crippen LogP contribution is 2.35. The number of cyclic esters (lactones) is 1. The maximum absolute atomic E-state index is 12.5. The molecule has 3 rings (SSSR count). The molecule has 1 atom stereocenters. The van der Waals surface area contributed by atoms with Crippen molar-refractivity contribution in [2.75, 3.05) is 7.11 Å². The van der Waals surface area contributed by atoms with Gasteiger partial charge in [0.2, 0.25) is 6.29 Å². The maximum atomic E-state index is 12.5. The smallest absolute Gasteiger partial charge is 0.337 e. The van der Waals surface area contributed by atoms with Gasteiger partial charge in [-0.2, -0.15) is 0 Å². The zero-order valence-corrected chi connectivity index (χ0v) is 16.2. The minimum absolute atomic E-state index is 0.146. The number of phenols is 2. The average Bonchev–Trinajstić information content (AvgIpc) is 2.98. The lowest BCUT2D eigenvalue weighted by atomic mass is 9.94. The van der Waals surface area contributed by atoms with E-state index in [0.29, 0.717) is 24.0 Å². The van der Waals surface area contributed by atoms with Gasteiger partial charge in [-0.15, -0.1) is 0 Å². The number of carbonyl (C=O) groups is 1. The van der Waals surface area contributed by atoms with Gasteiger partial charge in [0.05, 0.1) is 5.57 Å². The quantitative estimate of drug-likeness (QED) is 0.582. The fourth-order valence-corrected chi connectivity index (χ4v) is 3.19. The minimum Gasteiger partial charge on any atom is -0.508 e. The van der Waals surface area contributed by atoms with Gasteiger partial charge in [0.25, 0.3) is 0 Å². The normalized spacial score (nSPS) is 16.2. The molecule has 5 nitrogen and oxygen atoms in total. The molecule has 2 aromatic carbocycles. The van der Waals surface area contributed by atoms with E-state index in [4.69, 9.17) is 9.47 Å². The summed E-state index contributed by atoms with van der Waals surface area (Å²) >= 11 is 0. The summed E-state index contributed by atoms with van der Waals surface area (Å²) in [6, 6.07) is 11.9. The van der Waals surface area contributed by atoms with Crippen molar-refractivity contribution < 1.29 is 24.5 Å². The van der Waals surface area contributed by atoms with E-state index < -0.39 is 12.3 Å². The molecular weight excluding hydrogens is 356 g/mol. The van der Waals surface area contributed by atoms with Crippen molar-refractivity contribution in [1.82, 2.24) is 0 Å². The van der Waals surface area contributed by atoms with E-state index in [1.807, 2.05) is 26.0 Å². The van der Waals surface area contributed by atoms with Crippen LogP contribution in [0.25, 0.3) is 5.57 Å². The summed E-state index contributed by atoms with van der Waals surface area (Å²) in [5.41, 5.74) is 4.80. The highest BCUT2D eigenvalue weighted by Gasteiger charge is 2.35. The van der Waals surface area contributed by atoms with Crippen molar-refractivity contribution in [1.29, 1.82) is 0 Å². The summed E-state index contributed by atoms with van der Waals surface area (Å²) in [7, 11) is 1.49. The first-order chi connectivity index (χ1) is 13.4. The second kappa shape index (κ2) is 8.31. The lowest BCUT2D eigenvalue weighted by Gasteiger charge is -2.12. The summed E-state index contributed by atoms with van der Waals surface area (Å²) in [4.78, 5) is 12.5.